The minimum atomic E-state index is -3.65. The largest absolute Gasteiger partial charge is 0.484 e. The van der Waals surface area contributed by atoms with Crippen molar-refractivity contribution >= 4 is 25.6 Å². The molecule has 4 N–H and O–H groups in total. The van der Waals surface area contributed by atoms with Crippen LogP contribution in [0.5, 0.6) is 11.5 Å². The first-order valence-electron chi connectivity index (χ1n) is 12.5. The van der Waals surface area contributed by atoms with Crippen LogP contribution in [0.3, 0.4) is 0 Å². The summed E-state index contributed by atoms with van der Waals surface area (Å²) in [7, 11) is -3.65. The van der Waals surface area contributed by atoms with Gasteiger partial charge in [0.2, 0.25) is 0 Å². The highest BCUT2D eigenvalue weighted by Gasteiger charge is 2.14. The van der Waals surface area contributed by atoms with E-state index in [4.69, 9.17) is 23.8 Å². The Morgan fingerprint density at radius 2 is 1.65 bits per heavy atom. The zero-order valence-corrected chi connectivity index (χ0v) is 23.3. The number of ether oxygens (including phenoxy) is 4. The number of likely N-dealkylation sites (N-methyl/N-ethyl adjacent to an activating group) is 1. The molecule has 0 aliphatic heterocycles. The molecule has 13 nitrogen and oxygen atoms in total. The molecule has 0 bridgehead atoms. The number of hydrogen-bond donors (Lipinski definition) is 4. The molecule has 0 radical (unpaired) electrons. The maximum Gasteiger partial charge on any atom is 0.407 e. The summed E-state index contributed by atoms with van der Waals surface area (Å²) in [5.41, 5.74) is 0.988. The SMILES string of the molecule is CCNC(=O)COc1ccc(C(=O)Oc2ccc(COC(=O)NCCCOCC(O)COP(C)(=O)O)cc2)cc1. The Kier molecular flexibility index (Phi) is 14.1. The quantitative estimate of drug-likeness (QED) is 0.0930. The van der Waals surface area contributed by atoms with Crippen LogP contribution in [0.4, 0.5) is 4.79 Å². The molecule has 0 fully saturated rings. The number of amides is 2. The Morgan fingerprint density at radius 3 is 2.30 bits per heavy atom. The van der Waals surface area contributed by atoms with Crippen molar-refractivity contribution in [3.8, 4) is 11.5 Å². The first kappa shape index (κ1) is 32.7. The Morgan fingerprint density at radius 1 is 0.975 bits per heavy atom. The second-order valence-electron chi connectivity index (χ2n) is 8.48. The van der Waals surface area contributed by atoms with E-state index >= 15 is 0 Å². The summed E-state index contributed by atoms with van der Waals surface area (Å²) in [6.07, 6.45) is -1.20. The van der Waals surface area contributed by atoms with E-state index in [9.17, 15) is 24.1 Å². The van der Waals surface area contributed by atoms with Gasteiger partial charge >= 0.3 is 19.7 Å². The highest BCUT2D eigenvalue weighted by Crippen LogP contribution is 2.36. The third kappa shape index (κ3) is 14.1. The van der Waals surface area contributed by atoms with Gasteiger partial charge in [0.1, 0.15) is 24.2 Å². The lowest BCUT2D eigenvalue weighted by Crippen LogP contribution is -2.28. The van der Waals surface area contributed by atoms with Crippen molar-refractivity contribution in [1.82, 2.24) is 10.6 Å². The third-order valence-corrected chi connectivity index (χ3v) is 5.52. The maximum absolute atomic E-state index is 12.4. The van der Waals surface area contributed by atoms with E-state index in [1.54, 1.807) is 36.4 Å². The number of nitrogens with one attached hydrogen (secondary N) is 2. The van der Waals surface area contributed by atoms with Crippen molar-refractivity contribution in [1.29, 1.82) is 0 Å². The fourth-order valence-electron chi connectivity index (χ4n) is 2.96. The molecule has 0 aliphatic carbocycles. The van der Waals surface area contributed by atoms with Gasteiger partial charge in [-0.3, -0.25) is 9.36 Å². The Hall–Kier alpha value is -3.48. The zero-order valence-electron chi connectivity index (χ0n) is 22.4. The summed E-state index contributed by atoms with van der Waals surface area (Å²) in [4.78, 5) is 44.7. The van der Waals surface area contributed by atoms with E-state index in [1.807, 2.05) is 6.92 Å². The van der Waals surface area contributed by atoms with Crippen molar-refractivity contribution in [2.24, 2.45) is 0 Å². The van der Waals surface area contributed by atoms with Crippen LogP contribution in [0.2, 0.25) is 0 Å². The number of carbonyl (C=O) groups excluding carboxylic acids is 3. The first-order valence-corrected chi connectivity index (χ1v) is 14.5. The van der Waals surface area contributed by atoms with Crippen LogP contribution >= 0.6 is 7.60 Å². The van der Waals surface area contributed by atoms with Gasteiger partial charge in [0.25, 0.3) is 5.91 Å². The number of aliphatic hydroxyl groups is 1. The molecule has 14 heteroatoms. The molecule has 220 valence electrons. The molecule has 2 aromatic carbocycles. The number of esters is 1. The maximum atomic E-state index is 12.4. The number of aliphatic hydroxyl groups excluding tert-OH is 1. The minimum Gasteiger partial charge on any atom is -0.484 e. The highest BCUT2D eigenvalue weighted by molar-refractivity contribution is 7.51. The van der Waals surface area contributed by atoms with E-state index in [-0.39, 0.29) is 45.5 Å². The molecule has 0 heterocycles. The lowest BCUT2D eigenvalue weighted by molar-refractivity contribution is -0.122. The van der Waals surface area contributed by atoms with Crippen LogP contribution in [0, 0.1) is 0 Å². The van der Waals surface area contributed by atoms with Gasteiger partial charge in [0, 0.05) is 26.4 Å². The lowest BCUT2D eigenvalue weighted by Gasteiger charge is -2.13. The second kappa shape index (κ2) is 17.3. The van der Waals surface area contributed by atoms with Crippen molar-refractivity contribution < 1.29 is 52.4 Å². The number of carbonyl (C=O) groups is 3. The van der Waals surface area contributed by atoms with Gasteiger partial charge in [-0.2, -0.15) is 0 Å². The van der Waals surface area contributed by atoms with Crippen LogP contribution in [-0.4, -0.2) is 80.3 Å². The third-order valence-electron chi connectivity index (χ3n) is 4.89. The number of rotatable bonds is 17. The van der Waals surface area contributed by atoms with Crippen LogP contribution in [0.15, 0.2) is 48.5 Å². The van der Waals surface area contributed by atoms with E-state index in [2.05, 4.69) is 15.2 Å². The molecule has 2 amide bonds. The van der Waals surface area contributed by atoms with Crippen LogP contribution in [-0.2, 0) is 30.0 Å². The minimum absolute atomic E-state index is 0.00658. The molecular formula is C26H35N2O11P. The molecule has 2 unspecified atom stereocenters. The van der Waals surface area contributed by atoms with Gasteiger partial charge in [0.15, 0.2) is 6.61 Å². The Labute approximate surface area is 232 Å². The second-order valence-corrected chi connectivity index (χ2v) is 10.3. The topological polar surface area (TPSA) is 179 Å². The molecule has 40 heavy (non-hydrogen) atoms. The van der Waals surface area contributed by atoms with Gasteiger partial charge in [-0.15, -0.1) is 0 Å². The van der Waals surface area contributed by atoms with Crippen LogP contribution in [0.25, 0.3) is 0 Å². The Balaban J connectivity index is 1.62. The fraction of sp³-hybridized carbons (Fsp3) is 0.423. The molecule has 0 saturated heterocycles. The molecule has 2 rings (SSSR count). The molecule has 2 atom stereocenters. The van der Waals surface area contributed by atoms with Crippen LogP contribution in [0.1, 0.15) is 29.3 Å². The average molecular weight is 583 g/mol. The summed E-state index contributed by atoms with van der Waals surface area (Å²) in [6.45, 7) is 3.38. The number of alkyl carbamates (subject to hydrolysis) is 1. The molecule has 0 saturated carbocycles. The van der Waals surface area contributed by atoms with E-state index in [0.29, 0.717) is 35.6 Å². The number of hydrogen-bond acceptors (Lipinski definition) is 10. The Bertz CT molecular complexity index is 1120. The molecule has 0 spiro atoms. The van der Waals surface area contributed by atoms with Gasteiger partial charge in [-0.05, 0) is 55.3 Å². The normalized spacial score (nSPS) is 13.0. The molecule has 2 aromatic rings. The standard InChI is InChI=1S/C26H35N2O11P/c1-3-27-24(30)18-36-22-11-7-20(8-12-22)25(31)39-23-9-5-19(6-10-23)15-37-26(32)28-13-4-14-35-16-21(29)17-38-40(2,33)34/h5-12,21,29H,3-4,13-18H2,1-2H3,(H,27,30)(H,28,32)(H,33,34). The monoisotopic (exact) mass is 582 g/mol. The summed E-state index contributed by atoms with van der Waals surface area (Å²) in [5, 5.41) is 14.8. The van der Waals surface area contributed by atoms with Crippen molar-refractivity contribution in [2.45, 2.75) is 26.1 Å². The summed E-state index contributed by atoms with van der Waals surface area (Å²) in [6, 6.07) is 12.7. The van der Waals surface area contributed by atoms with Gasteiger partial charge in [0.05, 0.1) is 18.8 Å². The zero-order chi connectivity index (χ0) is 29.4. The molecular weight excluding hydrogens is 547 g/mol. The van der Waals surface area contributed by atoms with Gasteiger partial charge < -0.3 is 44.1 Å². The predicted octanol–water partition coefficient (Wildman–Crippen LogP) is 2.25. The number of benzene rings is 2. The van der Waals surface area contributed by atoms with E-state index in [0.717, 1.165) is 6.66 Å². The van der Waals surface area contributed by atoms with E-state index < -0.39 is 25.8 Å². The molecule has 0 aliphatic rings. The molecule has 0 aromatic heterocycles. The van der Waals surface area contributed by atoms with Crippen molar-refractivity contribution in [3.05, 3.63) is 59.7 Å². The first-order chi connectivity index (χ1) is 19.1. The smallest absolute Gasteiger partial charge is 0.407 e. The predicted molar refractivity (Wildman–Crippen MR) is 143 cm³/mol. The van der Waals surface area contributed by atoms with E-state index in [1.165, 1.54) is 12.1 Å². The van der Waals surface area contributed by atoms with Crippen LogP contribution < -0.4 is 20.1 Å². The lowest BCUT2D eigenvalue weighted by atomic mass is 10.2. The summed E-state index contributed by atoms with van der Waals surface area (Å²) in [5.74, 6) is -0.0464. The van der Waals surface area contributed by atoms with Gasteiger partial charge in [-0.25, -0.2) is 9.59 Å². The van der Waals surface area contributed by atoms with Crippen molar-refractivity contribution in [3.63, 3.8) is 0 Å². The van der Waals surface area contributed by atoms with Crippen molar-refractivity contribution in [2.75, 3.05) is 46.2 Å². The average Bonchev–Trinajstić information content (AvgIpc) is 2.92. The van der Waals surface area contributed by atoms with Gasteiger partial charge in [-0.1, -0.05) is 12.1 Å². The summed E-state index contributed by atoms with van der Waals surface area (Å²) < 4.78 is 36.7. The summed E-state index contributed by atoms with van der Waals surface area (Å²) >= 11 is 0. The fourth-order valence-corrected chi connectivity index (χ4v) is 3.41. The highest BCUT2D eigenvalue weighted by atomic mass is 31.2.